The first kappa shape index (κ1) is 19.0. The van der Waals surface area contributed by atoms with Crippen LogP contribution >= 0.6 is 0 Å². The fraction of sp³-hybridized carbons (Fsp3) is 0.600. The van der Waals surface area contributed by atoms with Crippen molar-refractivity contribution >= 4 is 10.0 Å². The quantitative estimate of drug-likeness (QED) is 0.888. The van der Waals surface area contributed by atoms with Crippen LogP contribution in [0.15, 0.2) is 29.2 Å². The molecule has 1 aromatic rings. The number of rotatable bonds is 4. The molecule has 0 saturated carbocycles. The summed E-state index contributed by atoms with van der Waals surface area (Å²) in [4.78, 5) is 0.0214. The van der Waals surface area contributed by atoms with E-state index in [2.05, 4.69) is 4.74 Å². The van der Waals surface area contributed by atoms with Crippen molar-refractivity contribution in [2.45, 2.75) is 37.4 Å². The van der Waals surface area contributed by atoms with Crippen LogP contribution in [0.3, 0.4) is 0 Å². The number of nitrogens with zero attached hydrogens (tertiary/aromatic N) is 1. The molecule has 136 valence electrons. The van der Waals surface area contributed by atoms with Gasteiger partial charge in [-0.1, -0.05) is 13.8 Å². The van der Waals surface area contributed by atoms with E-state index in [1.807, 2.05) is 13.8 Å². The van der Waals surface area contributed by atoms with E-state index in [-0.39, 0.29) is 22.1 Å². The van der Waals surface area contributed by atoms with E-state index >= 15 is 0 Å². The molecule has 1 saturated heterocycles. The highest BCUT2D eigenvalue weighted by Crippen LogP contribution is 2.31. The third-order valence-corrected chi connectivity index (χ3v) is 6.00. The molecule has 1 unspecified atom stereocenters. The third-order valence-electron chi connectivity index (χ3n) is 4.14. The van der Waals surface area contributed by atoms with Crippen LogP contribution in [0.1, 0.15) is 20.3 Å². The summed E-state index contributed by atoms with van der Waals surface area (Å²) in [6, 6.07) is 4.87. The largest absolute Gasteiger partial charge is 0.484 e. The van der Waals surface area contributed by atoms with Gasteiger partial charge in [0.15, 0.2) is 6.61 Å². The summed E-state index contributed by atoms with van der Waals surface area (Å²) in [5, 5.41) is 0. The van der Waals surface area contributed by atoms with E-state index in [0.29, 0.717) is 19.5 Å². The Hall–Kier alpha value is -1.32. The lowest BCUT2D eigenvalue weighted by Crippen LogP contribution is -2.53. The normalized spacial score (nSPS) is 22.3. The maximum atomic E-state index is 12.7. The highest BCUT2D eigenvalue weighted by molar-refractivity contribution is 7.89. The van der Waals surface area contributed by atoms with Crippen LogP contribution in [0.4, 0.5) is 13.2 Å². The van der Waals surface area contributed by atoms with Crippen LogP contribution < -0.4 is 10.5 Å². The Morgan fingerprint density at radius 2 is 1.88 bits per heavy atom. The van der Waals surface area contributed by atoms with Gasteiger partial charge in [-0.3, -0.25) is 0 Å². The molecule has 0 bridgehead atoms. The lowest BCUT2D eigenvalue weighted by molar-refractivity contribution is -0.153. The first-order valence-corrected chi connectivity index (χ1v) is 8.91. The number of nitrogens with two attached hydrogens (primary N) is 1. The Morgan fingerprint density at radius 3 is 2.38 bits per heavy atom. The van der Waals surface area contributed by atoms with Gasteiger partial charge in [0.2, 0.25) is 10.0 Å². The van der Waals surface area contributed by atoms with Crippen LogP contribution in [0.25, 0.3) is 0 Å². The number of benzene rings is 1. The first-order valence-electron chi connectivity index (χ1n) is 7.47. The second kappa shape index (κ2) is 6.53. The van der Waals surface area contributed by atoms with Crippen molar-refractivity contribution in [3.63, 3.8) is 0 Å². The van der Waals surface area contributed by atoms with E-state index in [9.17, 15) is 21.6 Å². The van der Waals surface area contributed by atoms with E-state index < -0.39 is 22.8 Å². The minimum Gasteiger partial charge on any atom is -0.484 e. The zero-order chi connectivity index (χ0) is 18.2. The molecule has 1 aliphatic heterocycles. The Bertz CT molecular complexity index is 672. The Morgan fingerprint density at radius 1 is 1.29 bits per heavy atom. The van der Waals surface area contributed by atoms with Crippen LogP contribution in [0, 0.1) is 5.41 Å². The molecule has 1 heterocycles. The monoisotopic (exact) mass is 366 g/mol. The second-order valence-corrected chi connectivity index (χ2v) is 8.54. The maximum absolute atomic E-state index is 12.7. The molecule has 2 rings (SSSR count). The minimum atomic E-state index is -4.44. The topological polar surface area (TPSA) is 72.6 Å². The minimum absolute atomic E-state index is 0.0214. The molecule has 0 aliphatic carbocycles. The molecular weight excluding hydrogens is 345 g/mol. The zero-order valence-corrected chi connectivity index (χ0v) is 14.3. The molecule has 1 atom stereocenters. The van der Waals surface area contributed by atoms with Crippen molar-refractivity contribution in [3.05, 3.63) is 24.3 Å². The van der Waals surface area contributed by atoms with E-state index in [1.165, 1.54) is 28.6 Å². The summed E-state index contributed by atoms with van der Waals surface area (Å²) in [7, 11) is -3.72. The average Bonchev–Trinajstić information content (AvgIpc) is 2.47. The van der Waals surface area contributed by atoms with Crippen molar-refractivity contribution in [3.8, 4) is 5.75 Å². The molecule has 24 heavy (non-hydrogen) atoms. The highest BCUT2D eigenvalue weighted by atomic mass is 32.2. The van der Waals surface area contributed by atoms with E-state index in [0.717, 1.165) is 0 Å². The van der Waals surface area contributed by atoms with Crippen molar-refractivity contribution < 1.29 is 26.3 Å². The second-order valence-electron chi connectivity index (χ2n) is 6.60. The van der Waals surface area contributed by atoms with Crippen LogP contribution in [-0.2, 0) is 10.0 Å². The molecule has 2 N–H and O–H groups in total. The van der Waals surface area contributed by atoms with Gasteiger partial charge in [0, 0.05) is 19.1 Å². The fourth-order valence-corrected chi connectivity index (χ4v) is 4.18. The van der Waals surface area contributed by atoms with Gasteiger partial charge in [-0.25, -0.2) is 8.42 Å². The Labute approximate surface area is 139 Å². The summed E-state index contributed by atoms with van der Waals surface area (Å²) < 4.78 is 67.7. The van der Waals surface area contributed by atoms with Gasteiger partial charge in [0.1, 0.15) is 5.75 Å². The van der Waals surface area contributed by atoms with Crippen LogP contribution in [-0.4, -0.2) is 44.6 Å². The predicted octanol–water partition coefficient (Wildman–Crippen LogP) is 2.38. The summed E-state index contributed by atoms with van der Waals surface area (Å²) >= 11 is 0. The summed E-state index contributed by atoms with van der Waals surface area (Å²) in [6.07, 6.45) is -3.89. The first-order chi connectivity index (χ1) is 10.9. The summed E-state index contributed by atoms with van der Waals surface area (Å²) in [5.74, 6) is -0.0349. The summed E-state index contributed by atoms with van der Waals surface area (Å²) in [6.45, 7) is 3.01. The van der Waals surface area contributed by atoms with Crippen molar-refractivity contribution in [2.75, 3.05) is 19.7 Å². The maximum Gasteiger partial charge on any atom is 0.422 e. The Balaban J connectivity index is 2.12. The van der Waals surface area contributed by atoms with Gasteiger partial charge in [-0.15, -0.1) is 0 Å². The number of ether oxygens (including phenoxy) is 1. The lowest BCUT2D eigenvalue weighted by atomic mass is 9.81. The number of piperidine rings is 1. The molecule has 1 aromatic carbocycles. The molecule has 9 heteroatoms. The van der Waals surface area contributed by atoms with Crippen molar-refractivity contribution in [1.29, 1.82) is 0 Å². The van der Waals surface area contributed by atoms with Gasteiger partial charge in [-0.2, -0.15) is 17.5 Å². The molecule has 0 spiro atoms. The zero-order valence-electron chi connectivity index (χ0n) is 13.5. The lowest BCUT2D eigenvalue weighted by Gasteiger charge is -2.41. The third kappa shape index (κ3) is 4.40. The number of hydrogen-bond acceptors (Lipinski definition) is 4. The smallest absolute Gasteiger partial charge is 0.422 e. The number of alkyl halides is 3. The fourth-order valence-electron chi connectivity index (χ4n) is 2.55. The average molecular weight is 366 g/mol. The van der Waals surface area contributed by atoms with Crippen molar-refractivity contribution in [1.82, 2.24) is 4.31 Å². The molecule has 1 fully saturated rings. The molecule has 1 aliphatic rings. The van der Waals surface area contributed by atoms with E-state index in [1.54, 1.807) is 0 Å². The van der Waals surface area contributed by atoms with Gasteiger partial charge in [0.25, 0.3) is 0 Å². The number of sulfonamides is 1. The van der Waals surface area contributed by atoms with Gasteiger partial charge in [0.05, 0.1) is 4.90 Å². The predicted molar refractivity (Wildman–Crippen MR) is 83.1 cm³/mol. The van der Waals surface area contributed by atoms with Gasteiger partial charge < -0.3 is 10.5 Å². The summed E-state index contributed by atoms with van der Waals surface area (Å²) in [5.41, 5.74) is 5.67. The van der Waals surface area contributed by atoms with Crippen LogP contribution in [0.5, 0.6) is 5.75 Å². The standard InChI is InChI=1S/C15H21F3N2O3S/c1-14(2)9-20(8-7-13(14)19)24(21,22)12-5-3-11(4-6-12)23-10-15(16,17)18/h3-6,13H,7-10,19H2,1-2H3. The number of halogens is 3. The Kier molecular flexibility index (Phi) is 5.17. The molecule has 0 radical (unpaired) electrons. The SMILES string of the molecule is CC1(C)CN(S(=O)(=O)c2ccc(OCC(F)(F)F)cc2)CCC1N. The van der Waals surface area contributed by atoms with E-state index in [4.69, 9.17) is 5.73 Å². The number of hydrogen-bond donors (Lipinski definition) is 1. The highest BCUT2D eigenvalue weighted by Gasteiger charge is 2.38. The molecule has 0 aromatic heterocycles. The van der Waals surface area contributed by atoms with Gasteiger partial charge in [-0.05, 0) is 36.1 Å². The molecule has 0 amide bonds. The molecule has 5 nitrogen and oxygen atoms in total. The van der Waals surface area contributed by atoms with Crippen molar-refractivity contribution in [2.24, 2.45) is 11.1 Å². The molecular formula is C15H21F3N2O3S. The van der Waals surface area contributed by atoms with Crippen LogP contribution in [0.2, 0.25) is 0 Å². The van der Waals surface area contributed by atoms with Gasteiger partial charge >= 0.3 is 6.18 Å².